The van der Waals surface area contributed by atoms with E-state index < -0.39 is 0 Å². The molecular weight excluding hydrogens is 306 g/mol. The Bertz CT molecular complexity index is 955. The summed E-state index contributed by atoms with van der Waals surface area (Å²) in [5.74, 6) is 0.931. The number of halogens is 1. The molecule has 0 saturated heterocycles. The number of nitrogens with one attached hydrogen (secondary N) is 1. The van der Waals surface area contributed by atoms with Crippen molar-refractivity contribution >= 4 is 28.6 Å². The second-order valence-corrected chi connectivity index (χ2v) is 6.92. The average molecular weight is 322 g/mol. The summed E-state index contributed by atoms with van der Waals surface area (Å²) in [5, 5.41) is 2.07. The maximum Gasteiger partial charge on any atom is 0.132 e. The van der Waals surface area contributed by atoms with Gasteiger partial charge in [-0.25, -0.2) is 0 Å². The summed E-state index contributed by atoms with van der Waals surface area (Å²) in [6, 6.07) is 14.4. The summed E-state index contributed by atoms with van der Waals surface area (Å²) in [4.78, 5) is 3.57. The highest BCUT2D eigenvalue weighted by Crippen LogP contribution is 2.41. The van der Waals surface area contributed by atoms with Gasteiger partial charge in [-0.05, 0) is 48.7 Å². The van der Waals surface area contributed by atoms with E-state index in [1.807, 2.05) is 18.2 Å². The van der Waals surface area contributed by atoms with Crippen molar-refractivity contribution in [3.05, 3.63) is 70.4 Å². The molecule has 5 rings (SSSR count). The zero-order valence-electron chi connectivity index (χ0n) is 12.6. The zero-order valence-corrected chi connectivity index (χ0v) is 13.4. The monoisotopic (exact) mass is 321 g/mol. The van der Waals surface area contributed by atoms with Gasteiger partial charge in [0.15, 0.2) is 0 Å². The SMILES string of the molecule is Clc1ccc2c(c1)C=CC1(CCc3[nH]c4ccccc4c3C1)O2. The van der Waals surface area contributed by atoms with Crippen LogP contribution >= 0.6 is 11.6 Å². The fraction of sp³-hybridized carbons (Fsp3) is 0.200. The maximum atomic E-state index is 6.43. The molecule has 1 aliphatic heterocycles. The summed E-state index contributed by atoms with van der Waals surface area (Å²) in [6.45, 7) is 0. The Morgan fingerprint density at radius 1 is 1.13 bits per heavy atom. The van der Waals surface area contributed by atoms with Crippen molar-refractivity contribution in [3.8, 4) is 5.75 Å². The number of aromatic amines is 1. The predicted octanol–water partition coefficient (Wildman–Crippen LogP) is 5.15. The molecule has 0 radical (unpaired) electrons. The highest BCUT2D eigenvalue weighted by atomic mass is 35.5. The van der Waals surface area contributed by atoms with E-state index in [0.717, 1.165) is 35.6 Å². The van der Waals surface area contributed by atoms with E-state index in [1.54, 1.807) is 0 Å². The molecular formula is C20H16ClNO. The molecule has 1 atom stereocenters. The Hall–Kier alpha value is -2.19. The van der Waals surface area contributed by atoms with E-state index in [9.17, 15) is 0 Å². The summed E-state index contributed by atoms with van der Waals surface area (Å²) >= 11 is 6.08. The van der Waals surface area contributed by atoms with E-state index in [2.05, 4.69) is 41.4 Å². The van der Waals surface area contributed by atoms with Crippen molar-refractivity contribution in [1.82, 2.24) is 4.98 Å². The standard InChI is InChI=1S/C20H16ClNO/c21-14-5-6-19-13(11-14)7-9-20(23-19)10-8-18-16(12-20)15-3-1-2-4-17(15)22-18/h1-7,9,11,22H,8,10,12H2. The fourth-order valence-electron chi connectivity index (χ4n) is 3.86. The van der Waals surface area contributed by atoms with E-state index >= 15 is 0 Å². The summed E-state index contributed by atoms with van der Waals surface area (Å²) in [7, 11) is 0. The van der Waals surface area contributed by atoms with E-state index in [4.69, 9.17) is 16.3 Å². The van der Waals surface area contributed by atoms with Crippen LogP contribution in [0.1, 0.15) is 23.2 Å². The minimum Gasteiger partial charge on any atom is -0.482 e. The van der Waals surface area contributed by atoms with Crippen molar-refractivity contribution in [1.29, 1.82) is 0 Å². The summed E-state index contributed by atoms with van der Waals surface area (Å²) in [5.41, 5.74) is 4.80. The smallest absolute Gasteiger partial charge is 0.132 e. The number of benzene rings is 2. The number of aryl methyl sites for hydroxylation is 1. The van der Waals surface area contributed by atoms with Gasteiger partial charge in [0.2, 0.25) is 0 Å². The number of para-hydroxylation sites is 1. The van der Waals surface area contributed by atoms with E-state index in [1.165, 1.54) is 22.2 Å². The molecule has 1 aliphatic carbocycles. The van der Waals surface area contributed by atoms with Gasteiger partial charge in [0.05, 0.1) is 0 Å². The third-order valence-corrected chi connectivity index (χ3v) is 5.26. The molecule has 3 aromatic rings. The third kappa shape index (κ3) is 2.02. The van der Waals surface area contributed by atoms with Crippen LogP contribution < -0.4 is 4.74 Å². The zero-order chi connectivity index (χ0) is 15.4. The Morgan fingerprint density at radius 2 is 2.04 bits per heavy atom. The number of aromatic nitrogens is 1. The Kier molecular flexibility index (Phi) is 2.68. The quantitative estimate of drug-likeness (QED) is 0.608. The van der Waals surface area contributed by atoms with Crippen LogP contribution in [0.25, 0.3) is 17.0 Å². The number of fused-ring (bicyclic) bond motifs is 4. The van der Waals surface area contributed by atoms with E-state index in [-0.39, 0.29) is 5.60 Å². The van der Waals surface area contributed by atoms with Gasteiger partial charge in [-0.1, -0.05) is 35.9 Å². The molecule has 0 saturated carbocycles. The first-order valence-corrected chi connectivity index (χ1v) is 8.37. The summed E-state index contributed by atoms with van der Waals surface area (Å²) in [6.07, 6.45) is 7.29. The van der Waals surface area contributed by atoms with E-state index in [0.29, 0.717) is 0 Å². The lowest BCUT2D eigenvalue weighted by molar-refractivity contribution is 0.101. The molecule has 0 bridgehead atoms. The predicted molar refractivity (Wildman–Crippen MR) is 94.2 cm³/mol. The van der Waals surface area contributed by atoms with Crippen LogP contribution in [0.2, 0.25) is 5.02 Å². The highest BCUT2D eigenvalue weighted by molar-refractivity contribution is 6.30. The molecule has 1 unspecified atom stereocenters. The molecule has 23 heavy (non-hydrogen) atoms. The van der Waals surface area contributed by atoms with Crippen molar-refractivity contribution in [3.63, 3.8) is 0 Å². The molecule has 114 valence electrons. The van der Waals surface area contributed by atoms with Gasteiger partial charge in [0.1, 0.15) is 11.4 Å². The first-order chi connectivity index (χ1) is 11.2. The molecule has 3 heteroatoms. The lowest BCUT2D eigenvalue weighted by Gasteiger charge is -2.38. The molecule has 0 amide bonds. The molecule has 2 aromatic carbocycles. The topological polar surface area (TPSA) is 25.0 Å². The van der Waals surface area contributed by atoms with Gasteiger partial charge in [-0.15, -0.1) is 0 Å². The Morgan fingerprint density at radius 3 is 3.00 bits per heavy atom. The van der Waals surface area contributed by atoms with Crippen molar-refractivity contribution in [2.24, 2.45) is 0 Å². The third-order valence-electron chi connectivity index (χ3n) is 5.03. The van der Waals surface area contributed by atoms with Crippen LogP contribution in [-0.4, -0.2) is 10.6 Å². The molecule has 2 aliphatic rings. The number of H-pyrrole nitrogens is 1. The number of ether oxygens (including phenoxy) is 1. The summed E-state index contributed by atoms with van der Waals surface area (Å²) < 4.78 is 6.43. The first kappa shape index (κ1) is 13.3. The molecule has 2 nitrogen and oxygen atoms in total. The van der Waals surface area contributed by atoms with Crippen LogP contribution in [0.5, 0.6) is 5.75 Å². The van der Waals surface area contributed by atoms with Crippen LogP contribution in [0, 0.1) is 0 Å². The molecule has 1 aromatic heterocycles. The van der Waals surface area contributed by atoms with Gasteiger partial charge in [0.25, 0.3) is 0 Å². The van der Waals surface area contributed by atoms with Crippen molar-refractivity contribution in [2.75, 3.05) is 0 Å². The number of rotatable bonds is 0. The minimum absolute atomic E-state index is 0.237. The largest absolute Gasteiger partial charge is 0.482 e. The highest BCUT2D eigenvalue weighted by Gasteiger charge is 2.38. The van der Waals surface area contributed by atoms with Crippen molar-refractivity contribution in [2.45, 2.75) is 24.9 Å². The normalized spacial score (nSPS) is 22.0. The van der Waals surface area contributed by atoms with Gasteiger partial charge in [-0.3, -0.25) is 0 Å². The average Bonchev–Trinajstić information content (AvgIpc) is 2.93. The van der Waals surface area contributed by atoms with Gasteiger partial charge in [-0.2, -0.15) is 0 Å². The van der Waals surface area contributed by atoms with Crippen LogP contribution in [0.3, 0.4) is 0 Å². The molecule has 2 heterocycles. The Labute approximate surface area is 139 Å². The van der Waals surface area contributed by atoms with Crippen LogP contribution in [0.4, 0.5) is 0 Å². The molecule has 0 fully saturated rings. The minimum atomic E-state index is -0.237. The lowest BCUT2D eigenvalue weighted by atomic mass is 9.80. The second-order valence-electron chi connectivity index (χ2n) is 6.49. The number of hydrogen-bond acceptors (Lipinski definition) is 1. The number of hydrogen-bond donors (Lipinski definition) is 1. The maximum absolute atomic E-state index is 6.43. The van der Waals surface area contributed by atoms with Crippen LogP contribution in [0.15, 0.2) is 48.5 Å². The second kappa shape index (κ2) is 4.65. The van der Waals surface area contributed by atoms with Crippen molar-refractivity contribution < 1.29 is 4.74 Å². The van der Waals surface area contributed by atoms with Gasteiger partial charge < -0.3 is 9.72 Å². The molecule has 1 N–H and O–H groups in total. The first-order valence-electron chi connectivity index (χ1n) is 7.99. The molecule has 1 spiro atoms. The van der Waals surface area contributed by atoms with Gasteiger partial charge >= 0.3 is 0 Å². The Balaban J connectivity index is 1.58. The van der Waals surface area contributed by atoms with Gasteiger partial charge in [0, 0.05) is 33.6 Å². The van der Waals surface area contributed by atoms with Crippen LogP contribution in [-0.2, 0) is 12.8 Å². The lowest BCUT2D eigenvalue weighted by Crippen LogP contribution is -2.41. The fourth-order valence-corrected chi connectivity index (χ4v) is 4.04.